The van der Waals surface area contributed by atoms with Gasteiger partial charge in [-0.25, -0.2) is 0 Å². The number of carbonyl (C=O) groups excluding carboxylic acids is 1. The molecule has 1 aromatic rings. The fraction of sp³-hybridized carbons (Fsp3) is 0.222. The lowest BCUT2D eigenvalue weighted by atomic mass is 10.3. The molecule has 0 bridgehead atoms. The molecule has 1 N–H and O–H groups in total. The highest BCUT2D eigenvalue weighted by Crippen LogP contribution is 2.01. The lowest BCUT2D eigenvalue weighted by Gasteiger charge is -2.04. The Kier molecular flexibility index (Phi) is 3.51. The summed E-state index contributed by atoms with van der Waals surface area (Å²) >= 11 is 0. The lowest BCUT2D eigenvalue weighted by Crippen LogP contribution is -2.18. The van der Waals surface area contributed by atoms with E-state index in [0.717, 1.165) is 0 Å². The third-order valence-corrected chi connectivity index (χ3v) is 2.29. The van der Waals surface area contributed by atoms with Crippen molar-refractivity contribution < 1.29 is 9.26 Å². The largest absolute Gasteiger partial charge is 0.378 e. The Labute approximate surface area is 79.0 Å². The Bertz CT molecular complexity index is 325. The van der Waals surface area contributed by atoms with Crippen LogP contribution in [0.2, 0.25) is 0 Å². The molecule has 0 aliphatic heterocycles. The fourth-order valence-corrected chi connectivity index (χ4v) is 1.34. The van der Waals surface area contributed by atoms with E-state index in [4.69, 9.17) is 0 Å². The number of benzene rings is 1. The molecule has 0 spiro atoms. The van der Waals surface area contributed by atoms with Gasteiger partial charge in [0.1, 0.15) is 0 Å². The summed E-state index contributed by atoms with van der Waals surface area (Å²) in [6, 6.07) is 7.07. The van der Waals surface area contributed by atoms with Crippen molar-refractivity contribution >= 4 is 26.2 Å². The summed E-state index contributed by atoms with van der Waals surface area (Å²) in [4.78, 5) is 11.0. The Hall–Kier alpha value is -1.29. The number of amides is 1. The highest BCUT2D eigenvalue weighted by Gasteiger charge is 2.03. The van der Waals surface area contributed by atoms with Gasteiger partial charge in [0, 0.05) is 17.3 Å². The molecule has 67 valence electrons. The maximum atomic E-state index is 11.0. The van der Waals surface area contributed by atoms with Gasteiger partial charge in [0.05, 0.1) is 0 Å². The molecule has 4 heteroatoms. The number of hydrogen-bond donors (Lipinski definition) is 1. The average molecular weight is 192 g/mol. The second-order valence-electron chi connectivity index (χ2n) is 2.55. The molecule has 1 aromatic carbocycles. The van der Waals surface area contributed by atoms with E-state index in [1.54, 1.807) is 31.2 Å². The molecule has 1 rings (SSSR count). The van der Waals surface area contributed by atoms with Crippen LogP contribution in [0.1, 0.15) is 13.3 Å². The number of rotatable bonds is 3. The third-order valence-electron chi connectivity index (χ3n) is 1.63. The minimum Gasteiger partial charge on any atom is -0.378 e. The first-order chi connectivity index (χ1) is 6.27. The number of anilines is 1. The molecule has 0 saturated carbocycles. The van der Waals surface area contributed by atoms with E-state index in [-0.39, 0.29) is 5.91 Å². The van der Waals surface area contributed by atoms with Crippen LogP contribution in [0.4, 0.5) is 5.69 Å². The third kappa shape index (κ3) is 2.59. The quantitative estimate of drug-likeness (QED) is 0.717. The average Bonchev–Trinajstić information content (AvgIpc) is 2.18. The number of hydrogen-bond acceptors (Lipinski definition) is 2. The Morgan fingerprint density at radius 3 is 2.77 bits per heavy atom. The standard InChI is InChI=1S/C9H10NO2Si/c1-2-9(11)10-7-5-3-4-6-8(7)13-12/h3-6H,2H2,1H3,(H,10,11). The van der Waals surface area contributed by atoms with Crippen LogP contribution in [-0.2, 0) is 9.26 Å². The molecule has 0 unspecified atom stereocenters. The van der Waals surface area contributed by atoms with Gasteiger partial charge in [-0.05, 0) is 6.07 Å². The van der Waals surface area contributed by atoms with Gasteiger partial charge in [0.15, 0.2) is 0 Å². The van der Waals surface area contributed by atoms with Crippen LogP contribution < -0.4 is 10.5 Å². The molecule has 1 amide bonds. The highest BCUT2D eigenvalue weighted by atomic mass is 28.2. The monoisotopic (exact) mass is 192 g/mol. The highest BCUT2D eigenvalue weighted by molar-refractivity contribution is 6.42. The summed E-state index contributed by atoms with van der Waals surface area (Å²) in [7, 11) is -0.535. The van der Waals surface area contributed by atoms with Crippen LogP contribution in [-0.4, -0.2) is 15.3 Å². The molecule has 3 nitrogen and oxygen atoms in total. The van der Waals surface area contributed by atoms with Crippen molar-refractivity contribution in [2.24, 2.45) is 0 Å². The number of carbonyl (C=O) groups is 1. The van der Waals surface area contributed by atoms with Crippen molar-refractivity contribution in [3.8, 4) is 0 Å². The SMILES string of the molecule is CCC(=O)Nc1ccccc1[Si]=O. The summed E-state index contributed by atoms with van der Waals surface area (Å²) in [6.07, 6.45) is 0.427. The maximum Gasteiger partial charge on any atom is 0.367 e. The summed E-state index contributed by atoms with van der Waals surface area (Å²) in [5.74, 6) is -0.0642. The first-order valence-electron chi connectivity index (χ1n) is 4.05. The molecule has 1 radical (unpaired) electrons. The topological polar surface area (TPSA) is 46.2 Å². The van der Waals surface area contributed by atoms with Crippen LogP contribution in [0, 0.1) is 0 Å². The zero-order chi connectivity index (χ0) is 9.68. The molecule has 13 heavy (non-hydrogen) atoms. The molecular formula is C9H10NO2Si. The summed E-state index contributed by atoms with van der Waals surface area (Å²) in [5.41, 5.74) is 0.641. The molecule has 0 aliphatic carbocycles. The van der Waals surface area contributed by atoms with Gasteiger partial charge in [-0.1, -0.05) is 25.1 Å². The second-order valence-corrected chi connectivity index (χ2v) is 3.29. The molecular weight excluding hydrogens is 182 g/mol. The van der Waals surface area contributed by atoms with Crippen molar-refractivity contribution in [2.75, 3.05) is 5.32 Å². The van der Waals surface area contributed by atoms with Crippen molar-refractivity contribution in [1.82, 2.24) is 0 Å². The molecule has 0 aromatic heterocycles. The Morgan fingerprint density at radius 1 is 1.46 bits per heavy atom. The smallest absolute Gasteiger partial charge is 0.367 e. The fourth-order valence-electron chi connectivity index (χ4n) is 0.920. The van der Waals surface area contributed by atoms with Gasteiger partial charge in [0.2, 0.25) is 5.91 Å². The lowest BCUT2D eigenvalue weighted by molar-refractivity contribution is -0.115. The van der Waals surface area contributed by atoms with Gasteiger partial charge in [-0.2, -0.15) is 0 Å². The first kappa shape index (κ1) is 9.79. The van der Waals surface area contributed by atoms with E-state index in [9.17, 15) is 9.26 Å². The molecule has 0 saturated heterocycles. The minimum atomic E-state index is -0.535. The van der Waals surface area contributed by atoms with Gasteiger partial charge >= 0.3 is 9.41 Å². The van der Waals surface area contributed by atoms with E-state index in [1.165, 1.54) is 0 Å². The van der Waals surface area contributed by atoms with Crippen LogP contribution in [0.25, 0.3) is 0 Å². The maximum absolute atomic E-state index is 11.0. The molecule has 0 aliphatic rings. The van der Waals surface area contributed by atoms with E-state index >= 15 is 0 Å². The predicted molar refractivity (Wildman–Crippen MR) is 51.4 cm³/mol. The van der Waals surface area contributed by atoms with Crippen LogP contribution in [0.5, 0.6) is 0 Å². The number of nitrogens with one attached hydrogen (secondary N) is 1. The van der Waals surface area contributed by atoms with Gasteiger partial charge in [0.25, 0.3) is 0 Å². The van der Waals surface area contributed by atoms with Crippen molar-refractivity contribution in [3.05, 3.63) is 24.3 Å². The van der Waals surface area contributed by atoms with Crippen LogP contribution in [0.15, 0.2) is 24.3 Å². The molecule has 0 atom stereocenters. The van der Waals surface area contributed by atoms with E-state index in [0.29, 0.717) is 17.3 Å². The second kappa shape index (κ2) is 4.66. The van der Waals surface area contributed by atoms with Crippen molar-refractivity contribution in [1.29, 1.82) is 0 Å². The minimum absolute atomic E-state index is 0.0642. The summed E-state index contributed by atoms with van der Waals surface area (Å²) < 4.78 is 10.7. The first-order valence-corrected chi connectivity index (χ1v) is 4.95. The van der Waals surface area contributed by atoms with E-state index < -0.39 is 9.41 Å². The zero-order valence-corrected chi connectivity index (χ0v) is 8.33. The zero-order valence-electron chi connectivity index (χ0n) is 7.33. The van der Waals surface area contributed by atoms with Crippen LogP contribution in [0.3, 0.4) is 0 Å². The Balaban J connectivity index is 2.87. The summed E-state index contributed by atoms with van der Waals surface area (Å²) in [6.45, 7) is 1.78. The van der Waals surface area contributed by atoms with Gasteiger partial charge in [-0.3, -0.25) is 4.79 Å². The normalized spacial score (nSPS) is 9.31. The van der Waals surface area contributed by atoms with Crippen LogP contribution >= 0.6 is 0 Å². The predicted octanol–water partition coefficient (Wildman–Crippen LogP) is 0.710. The van der Waals surface area contributed by atoms with E-state index in [2.05, 4.69) is 5.32 Å². The van der Waals surface area contributed by atoms with Crippen molar-refractivity contribution in [2.45, 2.75) is 13.3 Å². The summed E-state index contributed by atoms with van der Waals surface area (Å²) in [5, 5.41) is 3.34. The van der Waals surface area contributed by atoms with Gasteiger partial charge < -0.3 is 9.78 Å². The number of para-hydroxylation sites is 1. The molecule has 0 fully saturated rings. The molecule has 0 heterocycles. The van der Waals surface area contributed by atoms with E-state index in [1.807, 2.05) is 0 Å². The Morgan fingerprint density at radius 2 is 2.15 bits per heavy atom. The van der Waals surface area contributed by atoms with Crippen molar-refractivity contribution in [3.63, 3.8) is 0 Å². The van der Waals surface area contributed by atoms with Gasteiger partial charge in [-0.15, -0.1) is 0 Å².